The Morgan fingerprint density at radius 2 is 1.00 bits per heavy atom. The second-order valence-electron chi connectivity index (χ2n) is 15.1. The maximum Gasteiger partial charge on any atom is 0.0503 e. The van der Waals surface area contributed by atoms with E-state index < -0.39 is 0 Å². The summed E-state index contributed by atoms with van der Waals surface area (Å²) in [6.45, 7) is 9.46. The predicted octanol–water partition coefficient (Wildman–Crippen LogP) is 13.6. The fraction of sp³-hybridized carbons (Fsp3) is 0.120. The van der Waals surface area contributed by atoms with Gasteiger partial charge in [-0.15, -0.1) is 0 Å². The molecule has 0 spiro atoms. The average molecular weight is 671 g/mol. The highest BCUT2D eigenvalue weighted by molar-refractivity contribution is 5.90. The van der Waals surface area contributed by atoms with Gasteiger partial charge in [-0.05, 0) is 111 Å². The smallest absolute Gasteiger partial charge is 0.0503 e. The number of anilines is 5. The molecule has 0 amide bonds. The zero-order valence-electron chi connectivity index (χ0n) is 30.2. The quantitative estimate of drug-likeness (QED) is 0.174. The van der Waals surface area contributed by atoms with Gasteiger partial charge >= 0.3 is 0 Å². The number of hydrogen-bond acceptors (Lipinski definition) is 2. The Hall–Kier alpha value is -6.12. The Balaban J connectivity index is 1.07. The highest BCUT2D eigenvalue weighted by atomic mass is 15.2. The highest BCUT2D eigenvalue weighted by Crippen LogP contribution is 2.55. The van der Waals surface area contributed by atoms with Crippen molar-refractivity contribution in [3.8, 4) is 22.3 Å². The molecule has 7 aromatic carbocycles. The van der Waals surface area contributed by atoms with E-state index in [0.29, 0.717) is 0 Å². The largest absolute Gasteiger partial charge is 0.317 e. The molecule has 9 rings (SSSR count). The summed E-state index contributed by atoms with van der Waals surface area (Å²) >= 11 is 0. The van der Waals surface area contributed by atoms with Gasteiger partial charge in [0.05, 0.1) is 11.4 Å². The number of benzene rings is 7. The highest BCUT2D eigenvalue weighted by Gasteiger charge is 2.39. The van der Waals surface area contributed by atoms with Gasteiger partial charge in [-0.3, -0.25) is 0 Å². The first-order valence-corrected chi connectivity index (χ1v) is 18.3. The lowest BCUT2D eigenvalue weighted by atomic mass is 9.72. The van der Waals surface area contributed by atoms with Crippen LogP contribution in [0, 0.1) is 0 Å². The Kier molecular flexibility index (Phi) is 7.52. The van der Waals surface area contributed by atoms with Gasteiger partial charge in [-0.1, -0.05) is 143 Å². The maximum absolute atomic E-state index is 2.48. The van der Waals surface area contributed by atoms with Crippen LogP contribution in [-0.2, 0) is 10.8 Å². The molecule has 2 nitrogen and oxygen atoms in total. The molecular weight excluding hydrogens is 629 g/mol. The van der Waals surface area contributed by atoms with Crippen LogP contribution in [-0.4, -0.2) is 0 Å². The number of para-hydroxylation sites is 3. The van der Waals surface area contributed by atoms with Crippen molar-refractivity contribution in [2.45, 2.75) is 38.5 Å². The zero-order chi connectivity index (χ0) is 35.5. The van der Waals surface area contributed by atoms with Crippen molar-refractivity contribution in [2.24, 2.45) is 0 Å². The molecule has 0 aromatic heterocycles. The summed E-state index contributed by atoms with van der Waals surface area (Å²) in [4.78, 5) is 4.71. The van der Waals surface area contributed by atoms with E-state index in [4.69, 9.17) is 0 Å². The van der Waals surface area contributed by atoms with Crippen molar-refractivity contribution in [1.29, 1.82) is 0 Å². The fourth-order valence-electron chi connectivity index (χ4n) is 8.44. The third-order valence-electron chi connectivity index (χ3n) is 11.3. The Morgan fingerprint density at radius 1 is 0.442 bits per heavy atom. The molecule has 0 N–H and O–H groups in total. The first kappa shape index (κ1) is 31.8. The van der Waals surface area contributed by atoms with Crippen molar-refractivity contribution in [2.75, 3.05) is 9.80 Å². The SMILES string of the molecule is CC1(C)c2ccccc2-c2ccc(N3c4ccccc4C(C)(C)c4cc(-c5ccc(/C=C/N(c6ccccc6)c6ccccc6)cc5)ccc43)cc21. The maximum atomic E-state index is 2.48. The van der Waals surface area contributed by atoms with Gasteiger partial charge in [-0.25, -0.2) is 0 Å². The molecule has 0 saturated heterocycles. The first-order chi connectivity index (χ1) is 25.3. The topological polar surface area (TPSA) is 6.48 Å². The van der Waals surface area contributed by atoms with Crippen molar-refractivity contribution < 1.29 is 0 Å². The van der Waals surface area contributed by atoms with Crippen LogP contribution in [0.5, 0.6) is 0 Å². The molecule has 252 valence electrons. The van der Waals surface area contributed by atoms with Gasteiger partial charge in [0, 0.05) is 34.1 Å². The molecule has 1 heterocycles. The van der Waals surface area contributed by atoms with Crippen LogP contribution >= 0.6 is 0 Å². The van der Waals surface area contributed by atoms with Crippen molar-refractivity contribution in [3.05, 3.63) is 204 Å². The van der Waals surface area contributed by atoms with Crippen molar-refractivity contribution in [3.63, 3.8) is 0 Å². The lowest BCUT2D eigenvalue weighted by molar-refractivity contribution is 0.631. The molecule has 0 saturated carbocycles. The van der Waals surface area contributed by atoms with Gasteiger partial charge < -0.3 is 9.80 Å². The molecule has 0 unspecified atom stereocenters. The van der Waals surface area contributed by atoms with E-state index in [9.17, 15) is 0 Å². The third kappa shape index (κ3) is 5.17. The van der Waals surface area contributed by atoms with Gasteiger partial charge in [0.2, 0.25) is 0 Å². The van der Waals surface area contributed by atoms with E-state index in [1.54, 1.807) is 0 Å². The summed E-state index contributed by atoms with van der Waals surface area (Å²) < 4.78 is 0. The van der Waals surface area contributed by atoms with Crippen LogP contribution in [0.2, 0.25) is 0 Å². The summed E-state index contributed by atoms with van der Waals surface area (Å²) in [5.41, 5.74) is 17.4. The van der Waals surface area contributed by atoms with Crippen molar-refractivity contribution >= 4 is 34.5 Å². The number of nitrogens with zero attached hydrogens (tertiary/aromatic N) is 2. The second kappa shape index (κ2) is 12.3. The normalized spacial score (nSPS) is 14.7. The molecule has 0 radical (unpaired) electrons. The van der Waals surface area contributed by atoms with Gasteiger partial charge in [-0.2, -0.15) is 0 Å². The van der Waals surface area contributed by atoms with Crippen LogP contribution in [0.3, 0.4) is 0 Å². The average Bonchev–Trinajstić information content (AvgIpc) is 3.41. The van der Waals surface area contributed by atoms with E-state index >= 15 is 0 Å². The van der Waals surface area contributed by atoms with Crippen molar-refractivity contribution in [1.82, 2.24) is 0 Å². The third-order valence-corrected chi connectivity index (χ3v) is 11.3. The Labute approximate surface area is 308 Å². The summed E-state index contributed by atoms with van der Waals surface area (Å²) in [5, 5.41) is 0. The lowest BCUT2D eigenvalue weighted by Gasteiger charge is -2.42. The Morgan fingerprint density at radius 3 is 1.71 bits per heavy atom. The van der Waals surface area contributed by atoms with E-state index in [2.05, 4.69) is 220 Å². The van der Waals surface area contributed by atoms with E-state index in [1.807, 2.05) is 0 Å². The molecule has 0 bridgehead atoms. The van der Waals surface area contributed by atoms with E-state index in [-0.39, 0.29) is 10.8 Å². The minimum Gasteiger partial charge on any atom is -0.317 e. The summed E-state index contributed by atoms with van der Waals surface area (Å²) in [5.74, 6) is 0. The number of rotatable bonds is 6. The molecule has 1 aliphatic heterocycles. The zero-order valence-corrected chi connectivity index (χ0v) is 30.2. The molecule has 2 aliphatic rings. The summed E-state index contributed by atoms with van der Waals surface area (Å²) in [6.07, 6.45) is 4.34. The lowest BCUT2D eigenvalue weighted by Crippen LogP contribution is -2.30. The van der Waals surface area contributed by atoms with Gasteiger partial charge in [0.1, 0.15) is 0 Å². The van der Waals surface area contributed by atoms with Crippen LogP contribution in [0.4, 0.5) is 28.4 Å². The van der Waals surface area contributed by atoms with E-state index in [0.717, 1.165) is 16.9 Å². The van der Waals surface area contributed by atoms with Crippen LogP contribution in [0.1, 0.15) is 55.5 Å². The summed E-state index contributed by atoms with van der Waals surface area (Å²) in [7, 11) is 0. The molecule has 7 aromatic rings. The van der Waals surface area contributed by atoms with Crippen LogP contribution in [0.25, 0.3) is 28.3 Å². The fourth-order valence-corrected chi connectivity index (χ4v) is 8.44. The molecule has 1 aliphatic carbocycles. The molecule has 0 fully saturated rings. The molecule has 52 heavy (non-hydrogen) atoms. The molecule has 2 heteroatoms. The Bertz CT molecular complexity index is 2410. The van der Waals surface area contributed by atoms with Crippen LogP contribution < -0.4 is 9.80 Å². The molecule has 0 atom stereocenters. The summed E-state index contributed by atoms with van der Waals surface area (Å²) in [6, 6.07) is 61.9. The number of fused-ring (bicyclic) bond motifs is 5. The number of hydrogen-bond donors (Lipinski definition) is 0. The molecular formula is C50H42N2. The van der Waals surface area contributed by atoms with Gasteiger partial charge in [0.25, 0.3) is 0 Å². The second-order valence-corrected chi connectivity index (χ2v) is 15.1. The van der Waals surface area contributed by atoms with E-state index in [1.165, 1.54) is 61.6 Å². The monoisotopic (exact) mass is 670 g/mol. The minimum atomic E-state index is -0.175. The van der Waals surface area contributed by atoms with Gasteiger partial charge in [0.15, 0.2) is 0 Å². The first-order valence-electron chi connectivity index (χ1n) is 18.3. The predicted molar refractivity (Wildman–Crippen MR) is 220 cm³/mol. The standard InChI is InChI=1S/C50H42N2/c1-49(2)43-20-12-11-19-41(43)42-29-28-40(34-45(42)49)52-47-22-14-13-21-44(47)50(3,4)46-33-37(27-30-48(46)52)36-25-23-35(24-26-36)31-32-51(38-15-7-5-8-16-38)39-17-9-6-10-18-39/h5-34H,1-4H3/b32-31+. The van der Waals surface area contributed by atoms with Crippen LogP contribution in [0.15, 0.2) is 176 Å². The minimum absolute atomic E-state index is 0.0636.